The molecule has 150 valence electrons. The van der Waals surface area contributed by atoms with E-state index in [0.29, 0.717) is 12.5 Å². The van der Waals surface area contributed by atoms with Crippen LogP contribution in [-0.4, -0.2) is 48.6 Å². The number of nitrogens with zero attached hydrogens (tertiary/aromatic N) is 2. The largest absolute Gasteiger partial charge is 0.327 e. The molecule has 0 unspecified atom stereocenters. The number of amides is 3. The van der Waals surface area contributed by atoms with Crippen molar-refractivity contribution >= 4 is 17.6 Å². The van der Waals surface area contributed by atoms with E-state index in [9.17, 15) is 9.59 Å². The third-order valence-corrected chi connectivity index (χ3v) is 5.72. The van der Waals surface area contributed by atoms with Gasteiger partial charge in [-0.3, -0.25) is 4.79 Å². The molecular formula is C22H30N4O2. The second-order valence-electron chi connectivity index (χ2n) is 7.60. The molecule has 2 aliphatic heterocycles. The molecule has 0 radical (unpaired) electrons. The molecule has 1 aromatic rings. The Balaban J connectivity index is 1.65. The summed E-state index contributed by atoms with van der Waals surface area (Å²) in [5.41, 5.74) is 2.22. The minimum atomic E-state index is -0.0817. The lowest BCUT2D eigenvalue weighted by atomic mass is 9.90. The summed E-state index contributed by atoms with van der Waals surface area (Å²) in [5, 5.41) is 6.53. The Morgan fingerprint density at radius 1 is 1.25 bits per heavy atom. The maximum atomic E-state index is 12.5. The Bertz CT molecular complexity index is 749. The van der Waals surface area contributed by atoms with Crippen molar-refractivity contribution in [2.24, 2.45) is 0 Å². The zero-order valence-corrected chi connectivity index (χ0v) is 16.8. The van der Waals surface area contributed by atoms with Crippen LogP contribution in [0.1, 0.15) is 51.1 Å². The van der Waals surface area contributed by atoms with Gasteiger partial charge in [0.1, 0.15) is 0 Å². The van der Waals surface area contributed by atoms with Crippen molar-refractivity contribution < 1.29 is 9.59 Å². The predicted octanol–water partition coefficient (Wildman–Crippen LogP) is 2.66. The summed E-state index contributed by atoms with van der Waals surface area (Å²) < 4.78 is 0. The van der Waals surface area contributed by atoms with Gasteiger partial charge in [0.05, 0.1) is 6.54 Å². The number of benzene rings is 1. The lowest BCUT2D eigenvalue weighted by Gasteiger charge is -2.42. The number of para-hydroxylation sites is 1. The molecular weight excluding hydrogens is 352 g/mol. The van der Waals surface area contributed by atoms with E-state index in [1.807, 2.05) is 34.9 Å². The molecule has 2 aliphatic rings. The molecule has 1 saturated heterocycles. The van der Waals surface area contributed by atoms with Crippen LogP contribution in [0.4, 0.5) is 10.5 Å². The molecule has 2 N–H and O–H groups in total. The molecule has 2 atom stereocenters. The topological polar surface area (TPSA) is 64.7 Å². The monoisotopic (exact) mass is 382 g/mol. The number of fused-ring (bicyclic) bond motifs is 1. The molecule has 28 heavy (non-hydrogen) atoms. The summed E-state index contributed by atoms with van der Waals surface area (Å²) >= 11 is 0. The Morgan fingerprint density at radius 2 is 1.96 bits per heavy atom. The standard InChI is InChI=1S/C22H30N4O2/c1-4-12-23-22(28)25-13-10-17(11-14-25)24-19-15-16(3)26(21(27)5-2)20-9-7-6-8-18(19)20/h1,6-9,16-17,19,24H,5,10-15H2,2-3H3,(H,23,28)/t16-,19+/m0/s1. The van der Waals surface area contributed by atoms with Gasteiger partial charge in [0.2, 0.25) is 5.91 Å². The number of likely N-dealkylation sites (tertiary alicyclic amines) is 1. The molecule has 0 saturated carbocycles. The van der Waals surface area contributed by atoms with Crippen LogP contribution in [0.2, 0.25) is 0 Å². The summed E-state index contributed by atoms with van der Waals surface area (Å²) in [6, 6.07) is 8.86. The second-order valence-corrected chi connectivity index (χ2v) is 7.60. The number of piperidine rings is 1. The lowest BCUT2D eigenvalue weighted by Crippen LogP contribution is -2.51. The highest BCUT2D eigenvalue weighted by Crippen LogP contribution is 2.38. The van der Waals surface area contributed by atoms with Gasteiger partial charge in [0.25, 0.3) is 0 Å². The summed E-state index contributed by atoms with van der Waals surface area (Å²) in [7, 11) is 0. The Kier molecular flexibility index (Phi) is 6.58. The number of rotatable bonds is 4. The van der Waals surface area contributed by atoms with Crippen LogP contribution in [0, 0.1) is 12.3 Å². The van der Waals surface area contributed by atoms with Crippen LogP contribution in [0.3, 0.4) is 0 Å². The van der Waals surface area contributed by atoms with E-state index in [1.165, 1.54) is 5.56 Å². The number of urea groups is 1. The Hall–Kier alpha value is -2.52. The van der Waals surface area contributed by atoms with Crippen LogP contribution in [0.25, 0.3) is 0 Å². The molecule has 0 aliphatic carbocycles. The molecule has 0 bridgehead atoms. The van der Waals surface area contributed by atoms with E-state index in [1.54, 1.807) is 0 Å². The van der Waals surface area contributed by atoms with Gasteiger partial charge in [-0.25, -0.2) is 4.79 Å². The van der Waals surface area contributed by atoms with E-state index in [-0.39, 0.29) is 30.6 Å². The highest BCUT2D eigenvalue weighted by Gasteiger charge is 2.34. The van der Waals surface area contributed by atoms with Crippen molar-refractivity contribution in [1.82, 2.24) is 15.5 Å². The van der Waals surface area contributed by atoms with Gasteiger partial charge in [-0.1, -0.05) is 31.0 Å². The fourth-order valence-corrected chi connectivity index (χ4v) is 4.29. The smallest absolute Gasteiger partial charge is 0.318 e. The van der Waals surface area contributed by atoms with E-state index >= 15 is 0 Å². The van der Waals surface area contributed by atoms with Gasteiger partial charge in [0, 0.05) is 43.3 Å². The zero-order valence-electron chi connectivity index (χ0n) is 16.8. The lowest BCUT2D eigenvalue weighted by molar-refractivity contribution is -0.118. The normalized spacial score (nSPS) is 22.3. The van der Waals surface area contributed by atoms with Crippen LogP contribution in [0.15, 0.2) is 24.3 Å². The zero-order chi connectivity index (χ0) is 20.1. The van der Waals surface area contributed by atoms with Crippen molar-refractivity contribution in [2.45, 2.75) is 57.7 Å². The van der Waals surface area contributed by atoms with E-state index in [2.05, 4.69) is 29.5 Å². The average Bonchev–Trinajstić information content (AvgIpc) is 2.72. The molecule has 3 rings (SSSR count). The molecule has 0 aromatic heterocycles. The van der Waals surface area contributed by atoms with E-state index in [0.717, 1.165) is 38.0 Å². The van der Waals surface area contributed by atoms with Gasteiger partial charge in [0.15, 0.2) is 0 Å². The van der Waals surface area contributed by atoms with Crippen LogP contribution >= 0.6 is 0 Å². The maximum Gasteiger partial charge on any atom is 0.318 e. The number of anilines is 1. The maximum absolute atomic E-state index is 12.5. The number of carbonyl (C=O) groups is 2. The van der Waals surface area contributed by atoms with Crippen molar-refractivity contribution in [1.29, 1.82) is 0 Å². The SMILES string of the molecule is C#CCNC(=O)N1CCC(N[C@@H]2C[C@H](C)N(C(=O)CC)c3ccccc32)CC1. The van der Waals surface area contributed by atoms with E-state index < -0.39 is 0 Å². The van der Waals surface area contributed by atoms with Gasteiger partial charge in [-0.15, -0.1) is 6.42 Å². The highest BCUT2D eigenvalue weighted by molar-refractivity contribution is 5.95. The first-order valence-electron chi connectivity index (χ1n) is 10.2. The van der Waals surface area contributed by atoms with Gasteiger partial charge >= 0.3 is 6.03 Å². The molecule has 0 spiro atoms. The fourth-order valence-electron chi connectivity index (χ4n) is 4.29. The Labute approximate surface area is 167 Å². The minimum Gasteiger partial charge on any atom is -0.327 e. The molecule has 3 amide bonds. The number of terminal acetylenes is 1. The molecule has 6 nitrogen and oxygen atoms in total. The van der Waals surface area contributed by atoms with Crippen molar-refractivity contribution in [3.05, 3.63) is 29.8 Å². The average molecular weight is 383 g/mol. The van der Waals surface area contributed by atoms with Crippen LogP contribution in [0.5, 0.6) is 0 Å². The van der Waals surface area contributed by atoms with Crippen LogP contribution < -0.4 is 15.5 Å². The first-order chi connectivity index (χ1) is 13.5. The predicted molar refractivity (Wildman–Crippen MR) is 111 cm³/mol. The third kappa shape index (κ3) is 4.31. The first-order valence-corrected chi connectivity index (χ1v) is 10.2. The summed E-state index contributed by atoms with van der Waals surface area (Å²) in [6.07, 6.45) is 8.43. The highest BCUT2D eigenvalue weighted by atomic mass is 16.2. The number of nitrogens with one attached hydrogen (secondary N) is 2. The molecule has 6 heteroatoms. The molecule has 2 heterocycles. The summed E-state index contributed by atoms with van der Waals surface area (Å²) in [6.45, 7) is 5.74. The Morgan fingerprint density at radius 3 is 2.64 bits per heavy atom. The molecule has 1 fully saturated rings. The van der Waals surface area contributed by atoms with Crippen molar-refractivity contribution in [3.63, 3.8) is 0 Å². The van der Waals surface area contributed by atoms with Gasteiger partial charge in [-0.05, 0) is 37.8 Å². The summed E-state index contributed by atoms with van der Waals surface area (Å²) in [5.74, 6) is 2.60. The minimum absolute atomic E-state index is 0.0817. The van der Waals surface area contributed by atoms with Gasteiger partial charge < -0.3 is 20.4 Å². The van der Waals surface area contributed by atoms with Crippen molar-refractivity contribution in [3.8, 4) is 12.3 Å². The number of hydrogen-bond acceptors (Lipinski definition) is 3. The summed E-state index contributed by atoms with van der Waals surface area (Å²) in [4.78, 5) is 28.3. The van der Waals surface area contributed by atoms with E-state index in [4.69, 9.17) is 6.42 Å². The van der Waals surface area contributed by atoms with Crippen molar-refractivity contribution in [2.75, 3.05) is 24.5 Å². The number of hydrogen-bond donors (Lipinski definition) is 2. The fraction of sp³-hybridized carbons (Fsp3) is 0.545. The number of carbonyl (C=O) groups excluding carboxylic acids is 2. The molecule has 1 aromatic carbocycles. The quantitative estimate of drug-likeness (QED) is 0.787. The van der Waals surface area contributed by atoms with Crippen LogP contribution in [-0.2, 0) is 4.79 Å². The third-order valence-electron chi connectivity index (χ3n) is 5.72. The first kappa shape index (κ1) is 20.2. The second kappa shape index (κ2) is 9.11. The van der Waals surface area contributed by atoms with Gasteiger partial charge in [-0.2, -0.15) is 0 Å².